The van der Waals surface area contributed by atoms with E-state index in [0.717, 1.165) is 9.87 Å². The number of sulfonamides is 1. The van der Waals surface area contributed by atoms with Crippen molar-refractivity contribution in [1.29, 1.82) is 0 Å². The highest BCUT2D eigenvalue weighted by atomic mass is 32.2. The fourth-order valence-corrected chi connectivity index (χ4v) is 4.04. The molecule has 0 saturated carbocycles. The molecule has 0 radical (unpaired) electrons. The Morgan fingerprint density at radius 2 is 1.86 bits per heavy atom. The predicted octanol–water partition coefficient (Wildman–Crippen LogP) is 2.72. The molecule has 5 nitrogen and oxygen atoms in total. The Hall–Kier alpha value is -1.82. The van der Waals surface area contributed by atoms with Crippen LogP contribution >= 0.6 is 0 Å². The lowest BCUT2D eigenvalue weighted by molar-refractivity contribution is 0.148. The number of cyclic esters (lactones) is 1. The standard InChI is InChI=1S/C15H19NO4S/c1-5-13-14(10(2)3)16(15(17)20-13)21(18,19)12-8-6-11(4)7-9-12/h5-10,13-14H,1H2,2-4H3/t13?,14-/m1/s1. The van der Waals surface area contributed by atoms with Gasteiger partial charge in [-0.3, -0.25) is 0 Å². The van der Waals surface area contributed by atoms with E-state index in [-0.39, 0.29) is 10.8 Å². The van der Waals surface area contributed by atoms with Crippen LogP contribution in [0, 0.1) is 12.8 Å². The van der Waals surface area contributed by atoms with Crippen molar-refractivity contribution in [3.8, 4) is 0 Å². The number of rotatable bonds is 4. The van der Waals surface area contributed by atoms with E-state index in [1.54, 1.807) is 12.1 Å². The number of carbonyl (C=O) groups excluding carboxylic acids is 1. The molecule has 1 unspecified atom stereocenters. The van der Waals surface area contributed by atoms with E-state index in [0.29, 0.717) is 0 Å². The van der Waals surface area contributed by atoms with E-state index in [2.05, 4.69) is 6.58 Å². The summed E-state index contributed by atoms with van der Waals surface area (Å²) >= 11 is 0. The molecule has 2 rings (SSSR count). The topological polar surface area (TPSA) is 63.7 Å². The number of hydrogen-bond acceptors (Lipinski definition) is 4. The third-order valence-corrected chi connectivity index (χ3v) is 5.30. The summed E-state index contributed by atoms with van der Waals surface area (Å²) in [6.45, 7) is 9.17. The SMILES string of the molecule is C=CC1OC(=O)N(S(=O)(=O)c2ccc(C)cc2)[C@@H]1C(C)C. The molecule has 1 aliphatic rings. The van der Waals surface area contributed by atoms with Crippen molar-refractivity contribution in [2.24, 2.45) is 5.92 Å². The lowest BCUT2D eigenvalue weighted by Crippen LogP contribution is -2.43. The van der Waals surface area contributed by atoms with Gasteiger partial charge in [-0.2, -0.15) is 4.31 Å². The summed E-state index contributed by atoms with van der Waals surface area (Å²) in [5.41, 5.74) is 0.947. The molecule has 0 bridgehead atoms. The molecular formula is C15H19NO4S. The Kier molecular flexibility index (Phi) is 4.09. The average molecular weight is 309 g/mol. The highest BCUT2D eigenvalue weighted by Crippen LogP contribution is 2.32. The summed E-state index contributed by atoms with van der Waals surface area (Å²) in [7, 11) is -3.93. The van der Waals surface area contributed by atoms with Gasteiger partial charge >= 0.3 is 6.09 Å². The number of nitrogens with zero attached hydrogens (tertiary/aromatic N) is 1. The first-order valence-corrected chi connectivity index (χ1v) is 8.17. The maximum absolute atomic E-state index is 12.7. The molecule has 1 fully saturated rings. The molecule has 1 aromatic carbocycles. The van der Waals surface area contributed by atoms with E-state index in [4.69, 9.17) is 4.74 Å². The molecule has 1 aliphatic heterocycles. The van der Waals surface area contributed by atoms with E-state index < -0.39 is 28.3 Å². The number of ether oxygens (including phenoxy) is 1. The van der Waals surface area contributed by atoms with Crippen LogP contribution in [0.2, 0.25) is 0 Å². The molecule has 0 aliphatic carbocycles. The maximum Gasteiger partial charge on any atom is 0.424 e. The minimum absolute atomic E-state index is 0.0836. The quantitative estimate of drug-likeness (QED) is 0.802. The van der Waals surface area contributed by atoms with Crippen molar-refractivity contribution in [1.82, 2.24) is 4.31 Å². The van der Waals surface area contributed by atoms with Gasteiger partial charge in [0.1, 0.15) is 6.10 Å². The van der Waals surface area contributed by atoms with Gasteiger partial charge in [0.25, 0.3) is 10.0 Å². The van der Waals surface area contributed by atoms with Gasteiger partial charge in [-0.1, -0.05) is 38.1 Å². The van der Waals surface area contributed by atoms with Gasteiger partial charge < -0.3 is 4.74 Å². The summed E-state index contributed by atoms with van der Waals surface area (Å²) in [4.78, 5) is 12.1. The van der Waals surface area contributed by atoms with E-state index >= 15 is 0 Å². The Morgan fingerprint density at radius 3 is 2.33 bits per heavy atom. The second kappa shape index (κ2) is 5.52. The second-order valence-electron chi connectivity index (χ2n) is 5.43. The lowest BCUT2D eigenvalue weighted by atomic mass is 10.00. The maximum atomic E-state index is 12.7. The van der Waals surface area contributed by atoms with E-state index in [1.807, 2.05) is 20.8 Å². The van der Waals surface area contributed by atoms with E-state index in [1.165, 1.54) is 18.2 Å². The highest BCUT2D eigenvalue weighted by molar-refractivity contribution is 7.89. The Balaban J connectivity index is 2.49. The first kappa shape index (κ1) is 15.6. The molecular weight excluding hydrogens is 290 g/mol. The van der Waals surface area contributed by atoms with Crippen LogP contribution < -0.4 is 0 Å². The van der Waals surface area contributed by atoms with Crippen molar-refractivity contribution >= 4 is 16.1 Å². The Labute approximate surface area is 125 Å². The van der Waals surface area contributed by atoms with Gasteiger partial charge in [-0.15, -0.1) is 0 Å². The second-order valence-corrected chi connectivity index (χ2v) is 7.25. The van der Waals surface area contributed by atoms with Gasteiger partial charge in [0, 0.05) is 0 Å². The monoisotopic (exact) mass is 309 g/mol. The van der Waals surface area contributed by atoms with Crippen molar-refractivity contribution in [2.45, 2.75) is 37.8 Å². The Bertz CT molecular complexity index is 649. The zero-order valence-electron chi connectivity index (χ0n) is 12.3. The van der Waals surface area contributed by atoms with E-state index in [9.17, 15) is 13.2 Å². The number of hydrogen-bond donors (Lipinski definition) is 0. The molecule has 1 saturated heterocycles. The zero-order chi connectivity index (χ0) is 15.8. The summed E-state index contributed by atoms with van der Waals surface area (Å²) < 4.78 is 31.4. The van der Waals surface area contributed by atoms with Crippen molar-refractivity contribution in [2.75, 3.05) is 0 Å². The van der Waals surface area contributed by atoms with Gasteiger partial charge in [0.15, 0.2) is 0 Å². The number of benzene rings is 1. The minimum atomic E-state index is -3.93. The number of carbonyl (C=O) groups is 1. The smallest absolute Gasteiger partial charge is 0.424 e. The number of aryl methyl sites for hydroxylation is 1. The molecule has 0 N–H and O–H groups in total. The summed E-state index contributed by atoms with van der Waals surface area (Å²) in [5, 5.41) is 0. The van der Waals surface area contributed by atoms with Crippen molar-refractivity contribution in [3.05, 3.63) is 42.5 Å². The molecule has 2 atom stereocenters. The predicted molar refractivity (Wildman–Crippen MR) is 79.3 cm³/mol. The third-order valence-electron chi connectivity index (χ3n) is 3.52. The van der Waals surface area contributed by atoms with Crippen LogP contribution in [-0.4, -0.2) is 31.0 Å². The highest BCUT2D eigenvalue weighted by Gasteiger charge is 2.48. The largest absolute Gasteiger partial charge is 0.439 e. The van der Waals surface area contributed by atoms with Crippen molar-refractivity contribution in [3.63, 3.8) is 0 Å². The van der Waals surface area contributed by atoms with Crippen LogP contribution in [0.4, 0.5) is 4.79 Å². The van der Waals surface area contributed by atoms with Gasteiger partial charge in [-0.05, 0) is 31.1 Å². The van der Waals surface area contributed by atoms with Gasteiger partial charge in [0.2, 0.25) is 0 Å². The third kappa shape index (κ3) is 2.68. The van der Waals surface area contributed by atoms with Crippen LogP contribution in [-0.2, 0) is 14.8 Å². The first-order chi connectivity index (χ1) is 9.78. The van der Waals surface area contributed by atoms with Crippen LogP contribution in [0.5, 0.6) is 0 Å². The molecule has 1 heterocycles. The summed E-state index contributed by atoms with van der Waals surface area (Å²) in [5.74, 6) is -0.0836. The molecule has 0 spiro atoms. The molecule has 21 heavy (non-hydrogen) atoms. The first-order valence-electron chi connectivity index (χ1n) is 6.73. The average Bonchev–Trinajstić information content (AvgIpc) is 2.77. The van der Waals surface area contributed by atoms with Crippen LogP contribution in [0.1, 0.15) is 19.4 Å². The van der Waals surface area contributed by atoms with Crippen LogP contribution in [0.15, 0.2) is 41.8 Å². The minimum Gasteiger partial charge on any atom is -0.439 e. The zero-order valence-corrected chi connectivity index (χ0v) is 13.1. The Morgan fingerprint density at radius 1 is 1.29 bits per heavy atom. The number of amides is 1. The van der Waals surface area contributed by atoms with Crippen LogP contribution in [0.3, 0.4) is 0 Å². The van der Waals surface area contributed by atoms with Crippen LogP contribution in [0.25, 0.3) is 0 Å². The van der Waals surface area contributed by atoms with Crippen molar-refractivity contribution < 1.29 is 17.9 Å². The van der Waals surface area contributed by atoms with Gasteiger partial charge in [0.05, 0.1) is 10.9 Å². The molecule has 1 aromatic rings. The van der Waals surface area contributed by atoms with Gasteiger partial charge in [-0.25, -0.2) is 13.2 Å². The lowest BCUT2D eigenvalue weighted by Gasteiger charge is -2.26. The summed E-state index contributed by atoms with van der Waals surface area (Å²) in [6.07, 6.45) is -0.00959. The molecule has 0 aromatic heterocycles. The molecule has 114 valence electrons. The molecule has 1 amide bonds. The normalized spacial score (nSPS) is 22.5. The fourth-order valence-electron chi connectivity index (χ4n) is 2.41. The summed E-state index contributed by atoms with van der Waals surface area (Å²) in [6, 6.07) is 5.81. The molecule has 6 heteroatoms. The fraction of sp³-hybridized carbons (Fsp3) is 0.400.